The summed E-state index contributed by atoms with van der Waals surface area (Å²) in [5, 5.41) is 0. The molecule has 10 heteroatoms. The smallest absolute Gasteiger partial charge is 0.337 e. The number of carbonyl (C=O) groups excluding carboxylic acids is 1. The quantitative estimate of drug-likeness (QED) is 0.631. The van der Waals surface area contributed by atoms with Gasteiger partial charge >= 0.3 is 5.97 Å². The maximum atomic E-state index is 12.4. The van der Waals surface area contributed by atoms with Gasteiger partial charge in [-0.1, -0.05) is 22.9 Å². The summed E-state index contributed by atoms with van der Waals surface area (Å²) in [6, 6.07) is 7.94. The summed E-state index contributed by atoms with van der Waals surface area (Å²) in [5.74, 6) is -0.452. The lowest BCUT2D eigenvalue weighted by Gasteiger charge is -1.99. The van der Waals surface area contributed by atoms with Crippen molar-refractivity contribution in [3.63, 3.8) is 0 Å². The van der Waals surface area contributed by atoms with Gasteiger partial charge in [-0.3, -0.25) is 0 Å². The van der Waals surface area contributed by atoms with Crippen molar-refractivity contribution >= 4 is 60.5 Å². The molecule has 0 aliphatic carbocycles. The van der Waals surface area contributed by atoms with Gasteiger partial charge in [-0.2, -0.15) is 8.42 Å². The summed E-state index contributed by atoms with van der Waals surface area (Å²) in [5.41, 5.74) is 1.16. The van der Waals surface area contributed by atoms with Crippen molar-refractivity contribution in [2.24, 2.45) is 11.4 Å². The number of thiophene rings is 1. The number of benzene rings is 1. The molecule has 0 aliphatic rings. The molecule has 0 saturated carbocycles. The van der Waals surface area contributed by atoms with Crippen LogP contribution in [-0.4, -0.2) is 26.1 Å². The molecule has 3 rings (SSSR count). The number of halogens is 1. The second-order valence-corrected chi connectivity index (χ2v) is 9.30. The van der Waals surface area contributed by atoms with Crippen molar-refractivity contribution in [2.45, 2.75) is 4.21 Å². The Morgan fingerprint density at radius 3 is 2.62 bits per heavy atom. The van der Waals surface area contributed by atoms with Crippen LogP contribution < -0.4 is 4.80 Å². The molecule has 0 unspecified atom stereocenters. The second kappa shape index (κ2) is 6.32. The summed E-state index contributed by atoms with van der Waals surface area (Å²) in [6.07, 6.45) is 0. The standard InChI is InChI=1S/C14H11ClN2O4S3/c1-17-9-4-3-8(13(18)21-2)7-10(9)22-14(17)16-24(19,20)12-6-5-11(15)23-12/h3-7H,1-2H3. The molecule has 0 radical (unpaired) electrons. The maximum Gasteiger partial charge on any atom is 0.337 e. The minimum absolute atomic E-state index is 0.0835. The summed E-state index contributed by atoms with van der Waals surface area (Å²) in [4.78, 5) is 11.9. The fourth-order valence-electron chi connectivity index (χ4n) is 2.05. The van der Waals surface area contributed by atoms with Gasteiger partial charge < -0.3 is 9.30 Å². The van der Waals surface area contributed by atoms with Crippen molar-refractivity contribution in [1.82, 2.24) is 4.57 Å². The Balaban J connectivity index is 2.16. The Kier molecular flexibility index (Phi) is 4.52. The highest BCUT2D eigenvalue weighted by molar-refractivity contribution is 7.92. The first-order valence-electron chi connectivity index (χ1n) is 6.56. The van der Waals surface area contributed by atoms with Crippen molar-refractivity contribution in [1.29, 1.82) is 0 Å². The van der Waals surface area contributed by atoms with Crippen molar-refractivity contribution in [2.75, 3.05) is 7.11 Å². The molecule has 0 spiro atoms. The molecular weight excluding hydrogens is 392 g/mol. The zero-order valence-electron chi connectivity index (χ0n) is 12.5. The Morgan fingerprint density at radius 1 is 1.25 bits per heavy atom. The van der Waals surface area contributed by atoms with Gasteiger partial charge in [-0.15, -0.1) is 15.7 Å². The molecule has 0 fully saturated rings. The number of aromatic nitrogens is 1. The Bertz CT molecular complexity index is 1110. The fraction of sp³-hybridized carbons (Fsp3) is 0.143. The number of fused-ring (bicyclic) bond motifs is 1. The maximum absolute atomic E-state index is 12.4. The van der Waals surface area contributed by atoms with Gasteiger partial charge in [-0.05, 0) is 30.3 Å². The van der Waals surface area contributed by atoms with E-state index in [9.17, 15) is 13.2 Å². The summed E-state index contributed by atoms with van der Waals surface area (Å²) < 4.78 is 36.2. The lowest BCUT2D eigenvalue weighted by molar-refractivity contribution is 0.0601. The monoisotopic (exact) mass is 402 g/mol. The molecular formula is C14H11ClN2O4S3. The van der Waals surface area contributed by atoms with E-state index in [4.69, 9.17) is 16.3 Å². The molecule has 2 aromatic heterocycles. The average Bonchev–Trinajstić information content (AvgIpc) is 3.11. The van der Waals surface area contributed by atoms with Crippen LogP contribution in [0.1, 0.15) is 10.4 Å². The molecule has 0 saturated heterocycles. The van der Waals surface area contributed by atoms with Crippen LogP contribution in [-0.2, 0) is 21.8 Å². The predicted molar refractivity (Wildman–Crippen MR) is 94.2 cm³/mol. The number of esters is 1. The number of aryl methyl sites for hydroxylation is 1. The van der Waals surface area contributed by atoms with Crippen molar-refractivity contribution in [3.8, 4) is 0 Å². The highest BCUT2D eigenvalue weighted by atomic mass is 35.5. The first-order chi connectivity index (χ1) is 11.3. The molecule has 0 atom stereocenters. The lowest BCUT2D eigenvalue weighted by Crippen LogP contribution is -2.13. The highest BCUT2D eigenvalue weighted by Crippen LogP contribution is 2.27. The average molecular weight is 403 g/mol. The zero-order valence-corrected chi connectivity index (χ0v) is 15.7. The van der Waals surface area contributed by atoms with E-state index in [0.717, 1.165) is 21.6 Å². The van der Waals surface area contributed by atoms with E-state index in [-0.39, 0.29) is 4.21 Å². The number of sulfonamides is 1. The van der Waals surface area contributed by atoms with Crippen LogP contribution in [0.15, 0.2) is 38.9 Å². The molecule has 0 amide bonds. The number of carbonyl (C=O) groups is 1. The Labute approximate surface area is 150 Å². The third kappa shape index (κ3) is 3.12. The molecule has 24 heavy (non-hydrogen) atoms. The first-order valence-corrected chi connectivity index (χ1v) is 10.0. The van der Waals surface area contributed by atoms with E-state index in [2.05, 4.69) is 4.40 Å². The van der Waals surface area contributed by atoms with Crippen LogP contribution in [0, 0.1) is 0 Å². The van der Waals surface area contributed by atoms with Crippen molar-refractivity contribution < 1.29 is 17.9 Å². The number of nitrogens with zero attached hydrogens (tertiary/aromatic N) is 2. The molecule has 0 N–H and O–H groups in total. The van der Waals surface area contributed by atoms with Gasteiger partial charge in [0.1, 0.15) is 4.21 Å². The number of methoxy groups -OCH3 is 1. The van der Waals surface area contributed by atoms with Crippen LogP contribution in [0.3, 0.4) is 0 Å². The van der Waals surface area contributed by atoms with Gasteiger partial charge in [0, 0.05) is 7.05 Å². The molecule has 2 heterocycles. The first kappa shape index (κ1) is 17.2. The van der Waals surface area contributed by atoms with E-state index < -0.39 is 16.0 Å². The Hall–Kier alpha value is -1.68. The van der Waals surface area contributed by atoms with Crippen LogP contribution in [0.4, 0.5) is 0 Å². The third-order valence-corrected chi connectivity index (χ3v) is 7.41. The van der Waals surface area contributed by atoms with E-state index >= 15 is 0 Å². The zero-order chi connectivity index (χ0) is 17.5. The van der Waals surface area contributed by atoms with E-state index in [1.54, 1.807) is 29.8 Å². The van der Waals surface area contributed by atoms with Crippen molar-refractivity contribution in [3.05, 3.63) is 45.0 Å². The lowest BCUT2D eigenvalue weighted by atomic mass is 10.2. The van der Waals surface area contributed by atoms with Gasteiger partial charge in [0.2, 0.25) is 4.80 Å². The van der Waals surface area contributed by atoms with Crippen LogP contribution in [0.5, 0.6) is 0 Å². The van der Waals surface area contributed by atoms with E-state index in [1.165, 1.54) is 30.6 Å². The largest absolute Gasteiger partial charge is 0.465 e. The highest BCUT2D eigenvalue weighted by Gasteiger charge is 2.17. The van der Waals surface area contributed by atoms with Gasteiger partial charge in [0.25, 0.3) is 10.0 Å². The Morgan fingerprint density at radius 2 is 2.00 bits per heavy atom. The number of ether oxygens (including phenoxy) is 1. The van der Waals surface area contributed by atoms with Crippen LogP contribution >= 0.6 is 34.3 Å². The molecule has 126 valence electrons. The van der Waals surface area contributed by atoms with Gasteiger partial charge in [0.15, 0.2) is 0 Å². The van der Waals surface area contributed by atoms with Gasteiger partial charge in [-0.25, -0.2) is 4.79 Å². The summed E-state index contributed by atoms with van der Waals surface area (Å²) >= 11 is 7.92. The molecule has 1 aromatic carbocycles. The van der Waals surface area contributed by atoms with E-state index in [1.807, 2.05) is 0 Å². The SMILES string of the molecule is COC(=O)c1ccc2c(c1)sc(=NS(=O)(=O)c1ccc(Cl)s1)n2C. The van der Waals surface area contributed by atoms with Crippen LogP contribution in [0.2, 0.25) is 4.34 Å². The minimum Gasteiger partial charge on any atom is -0.465 e. The van der Waals surface area contributed by atoms with Gasteiger partial charge in [0.05, 0.1) is 27.2 Å². The summed E-state index contributed by atoms with van der Waals surface area (Å²) in [7, 11) is -0.816. The number of rotatable bonds is 3. The second-order valence-electron chi connectivity index (χ2n) is 4.74. The van der Waals surface area contributed by atoms with E-state index in [0.29, 0.717) is 14.7 Å². The summed E-state index contributed by atoms with van der Waals surface area (Å²) in [6.45, 7) is 0. The fourth-order valence-corrected chi connectivity index (χ4v) is 5.80. The minimum atomic E-state index is -3.84. The molecule has 0 aliphatic heterocycles. The number of hydrogen-bond acceptors (Lipinski definition) is 6. The molecule has 0 bridgehead atoms. The topological polar surface area (TPSA) is 77.7 Å². The normalized spacial score (nSPS) is 12.7. The van der Waals surface area contributed by atoms with Crippen LogP contribution in [0.25, 0.3) is 10.2 Å². The number of hydrogen-bond donors (Lipinski definition) is 0. The third-order valence-electron chi connectivity index (χ3n) is 3.23. The molecule has 3 aromatic rings. The predicted octanol–water partition coefficient (Wildman–Crippen LogP) is 3.03. The molecule has 6 nitrogen and oxygen atoms in total. The number of thiazole rings is 1.